The second kappa shape index (κ2) is 11.2. The van der Waals surface area contributed by atoms with Crippen molar-refractivity contribution in [3.63, 3.8) is 0 Å². The van der Waals surface area contributed by atoms with Crippen molar-refractivity contribution >= 4 is 17.4 Å². The molecule has 148 valence electrons. The van der Waals surface area contributed by atoms with Crippen molar-refractivity contribution < 1.29 is 26.6 Å². The molecule has 10 radical (unpaired) electrons. The first-order chi connectivity index (χ1) is 14.2. The summed E-state index contributed by atoms with van der Waals surface area (Å²) in [7, 11) is 0. The number of fused-ring (bicyclic) bond motifs is 1. The van der Waals surface area contributed by atoms with Crippen molar-refractivity contribution in [3.8, 4) is 5.75 Å². The predicted octanol–water partition coefficient (Wildman–Crippen LogP) is 6.01. The van der Waals surface area contributed by atoms with Gasteiger partial charge in [0.05, 0.1) is 5.56 Å². The molecule has 0 aromatic heterocycles. The van der Waals surface area contributed by atoms with Gasteiger partial charge in [0.1, 0.15) is 5.75 Å². The van der Waals surface area contributed by atoms with Gasteiger partial charge in [-0.15, -0.1) is 0 Å². The van der Waals surface area contributed by atoms with Gasteiger partial charge in [0, 0.05) is 16.5 Å². The van der Waals surface area contributed by atoms with Gasteiger partial charge in [-0.2, -0.15) is 0 Å². The third-order valence-electron chi connectivity index (χ3n) is 4.64. The maximum Gasteiger partial charge on any atom is 2.00 e. The van der Waals surface area contributed by atoms with Gasteiger partial charge in [-0.1, -0.05) is 48.0 Å². The van der Waals surface area contributed by atoms with Crippen LogP contribution in [0.25, 0.3) is 0 Å². The Balaban J connectivity index is 0.000000376. The molecule has 0 bridgehead atoms. The molecule has 3 aliphatic rings. The molecule has 4 heteroatoms. The van der Waals surface area contributed by atoms with E-state index in [9.17, 15) is 4.79 Å². The Morgan fingerprint density at radius 3 is 2.10 bits per heavy atom. The molecule has 0 saturated heterocycles. The number of ether oxygens (including phenoxy) is 1. The van der Waals surface area contributed by atoms with Crippen LogP contribution in [-0.4, -0.2) is 5.78 Å². The molecule has 2 aromatic carbocycles. The zero-order chi connectivity index (χ0) is 20.1. The quantitative estimate of drug-likeness (QED) is 0.410. The molecule has 0 N–H and O–H groups in total. The van der Waals surface area contributed by atoms with Crippen molar-refractivity contribution in [1.82, 2.24) is 0 Å². The number of Topliss-reactive ketones (excluding diaryl/α,β-unsaturated/α-hetero) is 1. The van der Waals surface area contributed by atoms with Gasteiger partial charge in [0.2, 0.25) is 0 Å². The summed E-state index contributed by atoms with van der Waals surface area (Å²) in [5.74, 6) is 1.50. The van der Waals surface area contributed by atoms with Crippen LogP contribution in [0.1, 0.15) is 22.0 Å². The van der Waals surface area contributed by atoms with Crippen LogP contribution in [0.3, 0.4) is 0 Å². The summed E-state index contributed by atoms with van der Waals surface area (Å²) in [5, 5.41) is 0.525. The number of hydrogen-bond donors (Lipinski definition) is 0. The molecule has 2 aromatic rings. The first-order valence-corrected chi connectivity index (χ1v) is 9.76. The average Bonchev–Trinajstić information content (AvgIpc) is 3.48. The normalized spacial score (nSPS) is 22.0. The van der Waals surface area contributed by atoms with Crippen molar-refractivity contribution in [2.75, 3.05) is 0 Å². The average molecular weight is 455 g/mol. The van der Waals surface area contributed by atoms with Crippen molar-refractivity contribution in [2.24, 2.45) is 0 Å². The molecule has 30 heavy (non-hydrogen) atoms. The summed E-state index contributed by atoms with van der Waals surface area (Å²) in [6.07, 6.45) is 19.3. The van der Waals surface area contributed by atoms with Gasteiger partial charge in [-0.3, -0.25) is 4.79 Å². The first-order valence-electron chi connectivity index (χ1n) is 9.38. The zero-order valence-electron chi connectivity index (χ0n) is 16.0. The first kappa shape index (κ1) is 23.1. The number of carbonyl (C=O) groups is 1. The summed E-state index contributed by atoms with van der Waals surface area (Å²) >= 11 is 6.06. The van der Waals surface area contributed by atoms with E-state index >= 15 is 0 Å². The standard InChI is InChI=1S/C21H14ClO2.C5H5.Fe/c22-16-10-11-19-17(13-16)20(23)18(12-14-6-4-5-7-14)21(24-19)15-8-2-1-3-9-15;1-2-4-5-3-1;/h1-13,21H;1-5H;/q;;+2/b18-12+;;. The number of ketones is 1. The molecule has 0 amide bonds. The molecule has 0 spiro atoms. The SMILES string of the molecule is O=C1/C(=C\[C]2[CH][CH][CH][CH]2)C(c2ccccc2)Oc2ccc(Cl)cc21.[CH]1[CH][CH][CH][CH]1.[Fe+2]. The van der Waals surface area contributed by atoms with Crippen LogP contribution in [0.15, 0.2) is 60.2 Å². The molecule has 1 heterocycles. The minimum Gasteiger partial charge on any atom is -0.480 e. The molecule has 2 nitrogen and oxygen atoms in total. The Bertz CT molecular complexity index is 860. The maximum atomic E-state index is 13.1. The van der Waals surface area contributed by atoms with Crippen molar-refractivity contribution in [1.29, 1.82) is 0 Å². The Kier molecular flexibility index (Phi) is 8.62. The van der Waals surface area contributed by atoms with Gasteiger partial charge in [-0.25, -0.2) is 0 Å². The molecule has 2 saturated carbocycles. The van der Waals surface area contributed by atoms with Crippen LogP contribution >= 0.6 is 11.6 Å². The summed E-state index contributed by atoms with van der Waals surface area (Å²) in [4.78, 5) is 13.1. The van der Waals surface area contributed by atoms with Crippen LogP contribution in [0, 0.1) is 63.7 Å². The van der Waals surface area contributed by atoms with Gasteiger partial charge in [0.15, 0.2) is 11.9 Å². The monoisotopic (exact) mass is 454 g/mol. The maximum absolute atomic E-state index is 13.1. The summed E-state index contributed by atoms with van der Waals surface area (Å²) in [6.45, 7) is 0. The summed E-state index contributed by atoms with van der Waals surface area (Å²) in [6, 6.07) is 14.9. The van der Waals surface area contributed by atoms with Crippen molar-refractivity contribution in [3.05, 3.63) is 140 Å². The van der Waals surface area contributed by atoms with Crippen LogP contribution in [0.5, 0.6) is 5.75 Å². The van der Waals surface area contributed by atoms with Crippen molar-refractivity contribution in [2.45, 2.75) is 6.10 Å². The Morgan fingerprint density at radius 2 is 1.47 bits per heavy atom. The van der Waals surface area contributed by atoms with Crippen LogP contribution in [0.4, 0.5) is 0 Å². The third-order valence-corrected chi connectivity index (χ3v) is 4.88. The smallest absolute Gasteiger partial charge is 0.480 e. The molecule has 2 aliphatic carbocycles. The van der Waals surface area contributed by atoms with E-state index in [1.54, 1.807) is 18.2 Å². The number of halogens is 1. The molecule has 5 rings (SSSR count). The van der Waals surface area contributed by atoms with Gasteiger partial charge >= 0.3 is 17.1 Å². The van der Waals surface area contributed by atoms with Gasteiger partial charge in [0.25, 0.3) is 0 Å². The van der Waals surface area contributed by atoms with E-state index in [1.165, 1.54) is 0 Å². The summed E-state index contributed by atoms with van der Waals surface area (Å²) in [5.41, 5.74) is 2.07. The van der Waals surface area contributed by atoms with E-state index in [-0.39, 0.29) is 22.9 Å². The van der Waals surface area contributed by atoms with Gasteiger partial charge in [-0.05, 0) is 81.5 Å². The fourth-order valence-electron chi connectivity index (χ4n) is 3.25. The van der Waals surface area contributed by atoms with Crippen LogP contribution < -0.4 is 4.74 Å². The van der Waals surface area contributed by atoms with Crippen LogP contribution in [-0.2, 0) is 17.1 Å². The topological polar surface area (TPSA) is 26.3 Å². The minimum atomic E-state index is -0.428. The fourth-order valence-corrected chi connectivity index (χ4v) is 3.42. The van der Waals surface area contributed by atoms with E-state index in [4.69, 9.17) is 16.3 Å². The second-order valence-electron chi connectivity index (χ2n) is 6.66. The molecule has 2 fully saturated rings. The van der Waals surface area contributed by atoms with Crippen LogP contribution in [0.2, 0.25) is 5.02 Å². The number of carbonyl (C=O) groups excluding carboxylic acids is 1. The number of allylic oxidation sites excluding steroid dienone is 1. The molecular weight excluding hydrogens is 436 g/mol. The number of hydrogen-bond acceptors (Lipinski definition) is 2. The predicted molar refractivity (Wildman–Crippen MR) is 116 cm³/mol. The van der Waals surface area contributed by atoms with E-state index < -0.39 is 6.10 Å². The molecule has 1 unspecified atom stereocenters. The zero-order valence-corrected chi connectivity index (χ0v) is 17.9. The largest absolute Gasteiger partial charge is 2.00 e. The second-order valence-corrected chi connectivity index (χ2v) is 7.09. The molecular formula is C26H19ClFeO2+2. The molecule has 1 aliphatic heterocycles. The molecule has 1 atom stereocenters. The number of rotatable bonds is 2. The van der Waals surface area contributed by atoms with E-state index in [2.05, 4.69) is 0 Å². The van der Waals surface area contributed by atoms with E-state index in [0.717, 1.165) is 11.5 Å². The Hall–Kier alpha value is -1.54. The van der Waals surface area contributed by atoms with E-state index in [1.807, 2.05) is 94.2 Å². The fraction of sp³-hybridized carbons (Fsp3) is 0.0385. The Morgan fingerprint density at radius 1 is 0.833 bits per heavy atom. The Labute approximate surface area is 195 Å². The summed E-state index contributed by atoms with van der Waals surface area (Å²) < 4.78 is 6.16. The third kappa shape index (κ3) is 5.58. The number of benzene rings is 2. The van der Waals surface area contributed by atoms with Gasteiger partial charge < -0.3 is 4.74 Å². The minimum absolute atomic E-state index is 0. The van der Waals surface area contributed by atoms with E-state index in [0.29, 0.717) is 21.9 Å².